The van der Waals surface area contributed by atoms with Crippen molar-refractivity contribution in [3.05, 3.63) is 54.3 Å². The number of carbonyl (C=O) groups is 2. The smallest absolute Gasteiger partial charge is 0.481 e. The maximum Gasteiger partial charge on any atom is 0.511 e. The molecule has 2 heterocycles. The van der Waals surface area contributed by atoms with E-state index in [1.807, 2.05) is 0 Å². The summed E-state index contributed by atoms with van der Waals surface area (Å²) in [4.78, 5) is 27.5. The zero-order chi connectivity index (χ0) is 21.3. The first-order valence-electron chi connectivity index (χ1n) is 8.98. The molecule has 0 unspecified atom stereocenters. The van der Waals surface area contributed by atoms with E-state index in [0.29, 0.717) is 22.4 Å². The van der Waals surface area contributed by atoms with E-state index in [9.17, 15) is 19.8 Å². The minimum atomic E-state index is -1.40. The van der Waals surface area contributed by atoms with Gasteiger partial charge in [0.15, 0.2) is 11.4 Å². The van der Waals surface area contributed by atoms with E-state index in [-0.39, 0.29) is 29.6 Å². The topological polar surface area (TPSA) is 139 Å². The van der Waals surface area contributed by atoms with Crippen molar-refractivity contribution in [2.45, 2.75) is 12.0 Å². The third kappa shape index (κ3) is 3.63. The fraction of sp³-hybridized carbons (Fsp3) is 0.190. The third-order valence-electron chi connectivity index (χ3n) is 4.77. The second kappa shape index (κ2) is 7.62. The number of ether oxygens (including phenoxy) is 2. The average Bonchev–Trinajstić information content (AvgIpc) is 3.24. The summed E-state index contributed by atoms with van der Waals surface area (Å²) in [6.07, 6.45) is -0.0894. The molecule has 0 aliphatic carbocycles. The highest BCUT2D eigenvalue weighted by atomic mass is 16.7. The molecule has 2 aromatic carbocycles. The number of hydrogen-bond donors (Lipinski definition) is 3. The minimum Gasteiger partial charge on any atom is -0.481 e. The number of ketones is 1. The first kappa shape index (κ1) is 19.6. The fourth-order valence-electron chi connectivity index (χ4n) is 3.19. The normalized spacial score (nSPS) is 14.7. The first-order chi connectivity index (χ1) is 14.4. The lowest BCUT2D eigenvalue weighted by atomic mass is 9.90. The molecule has 0 atom stereocenters. The molecule has 154 valence electrons. The summed E-state index contributed by atoms with van der Waals surface area (Å²) in [5.41, 5.74) is 0.767. The van der Waals surface area contributed by atoms with E-state index in [1.54, 1.807) is 30.3 Å². The van der Waals surface area contributed by atoms with Crippen LogP contribution in [0.1, 0.15) is 16.8 Å². The highest BCUT2D eigenvalue weighted by Gasteiger charge is 2.40. The third-order valence-corrected chi connectivity index (χ3v) is 4.77. The Hall–Kier alpha value is -3.69. The number of Topliss-reactive ketones (excluding diaryl/α,β-unsaturated/α-hetero) is 1. The monoisotopic (exact) mass is 411 g/mol. The standard InChI is InChI=1S/C21H17NO8/c23-10-21(11-24)8-17(25)15-7-13(3-6-18(15)30-21)19-22-16(9-28-19)12-1-4-14(5-2-12)29-20(26)27/h1-7,9,23-24H,8,10-11H2,(H,26,27). The molecule has 3 aromatic rings. The van der Waals surface area contributed by atoms with Crippen LogP contribution in [0.3, 0.4) is 0 Å². The van der Waals surface area contributed by atoms with Crippen LogP contribution in [0, 0.1) is 0 Å². The second-order valence-corrected chi connectivity index (χ2v) is 6.84. The summed E-state index contributed by atoms with van der Waals surface area (Å²) >= 11 is 0. The van der Waals surface area contributed by atoms with Gasteiger partial charge >= 0.3 is 6.16 Å². The van der Waals surface area contributed by atoms with Crippen molar-refractivity contribution < 1.29 is 38.8 Å². The number of benzene rings is 2. The quantitative estimate of drug-likeness (QED) is 0.427. The van der Waals surface area contributed by atoms with Crippen LogP contribution in [-0.4, -0.2) is 51.1 Å². The molecule has 0 bridgehead atoms. The van der Waals surface area contributed by atoms with Crippen LogP contribution in [0.5, 0.6) is 11.5 Å². The van der Waals surface area contributed by atoms with Crippen LogP contribution in [0.2, 0.25) is 0 Å². The van der Waals surface area contributed by atoms with Crippen LogP contribution in [0.15, 0.2) is 53.1 Å². The van der Waals surface area contributed by atoms with Crippen molar-refractivity contribution in [3.8, 4) is 34.2 Å². The number of nitrogens with zero attached hydrogens (tertiary/aromatic N) is 1. The number of hydrogen-bond acceptors (Lipinski definition) is 8. The first-order valence-corrected chi connectivity index (χ1v) is 8.98. The van der Waals surface area contributed by atoms with Crippen molar-refractivity contribution in [2.75, 3.05) is 13.2 Å². The molecular formula is C21H17NO8. The zero-order valence-electron chi connectivity index (χ0n) is 15.6. The highest BCUT2D eigenvalue weighted by Crippen LogP contribution is 2.36. The number of aromatic nitrogens is 1. The predicted octanol–water partition coefficient (Wildman–Crippen LogP) is 2.75. The Balaban J connectivity index is 1.59. The molecule has 9 nitrogen and oxygen atoms in total. The van der Waals surface area contributed by atoms with E-state index >= 15 is 0 Å². The largest absolute Gasteiger partial charge is 0.511 e. The molecule has 0 saturated carbocycles. The molecule has 0 saturated heterocycles. The van der Waals surface area contributed by atoms with Gasteiger partial charge in [0.1, 0.15) is 23.5 Å². The Bertz CT molecular complexity index is 1100. The SMILES string of the molecule is O=C(O)Oc1ccc(-c2coc(-c3ccc4c(c3)C(=O)CC(CO)(CO)O4)n2)cc1. The lowest BCUT2D eigenvalue weighted by molar-refractivity contribution is -0.0403. The summed E-state index contributed by atoms with van der Waals surface area (Å²) in [6, 6.07) is 11.1. The van der Waals surface area contributed by atoms with Crippen molar-refractivity contribution in [2.24, 2.45) is 0 Å². The molecule has 1 aromatic heterocycles. The van der Waals surface area contributed by atoms with Crippen LogP contribution >= 0.6 is 0 Å². The molecule has 1 aliphatic rings. The molecule has 0 radical (unpaired) electrons. The zero-order valence-corrected chi connectivity index (χ0v) is 15.6. The Labute approximate surface area is 170 Å². The van der Waals surface area contributed by atoms with Crippen LogP contribution in [-0.2, 0) is 0 Å². The van der Waals surface area contributed by atoms with Gasteiger partial charge < -0.3 is 29.2 Å². The number of aliphatic hydroxyl groups excluding tert-OH is 2. The minimum absolute atomic E-state index is 0.141. The number of rotatable bonds is 5. The second-order valence-electron chi connectivity index (χ2n) is 6.84. The molecule has 4 rings (SSSR count). The van der Waals surface area contributed by atoms with Gasteiger partial charge in [0.2, 0.25) is 5.89 Å². The maximum absolute atomic E-state index is 12.5. The van der Waals surface area contributed by atoms with E-state index in [4.69, 9.17) is 14.3 Å². The lowest BCUT2D eigenvalue weighted by Gasteiger charge is -2.34. The average molecular weight is 411 g/mol. The Kier molecular flexibility index (Phi) is 4.98. The van der Waals surface area contributed by atoms with Crippen molar-refractivity contribution >= 4 is 11.9 Å². The number of carboxylic acid groups (broad SMARTS) is 1. The van der Waals surface area contributed by atoms with Gasteiger partial charge in [0, 0.05) is 11.1 Å². The highest BCUT2D eigenvalue weighted by molar-refractivity contribution is 6.01. The van der Waals surface area contributed by atoms with Gasteiger partial charge in [-0.15, -0.1) is 0 Å². The number of carbonyl (C=O) groups excluding carboxylic acids is 1. The van der Waals surface area contributed by atoms with E-state index in [2.05, 4.69) is 9.72 Å². The van der Waals surface area contributed by atoms with Gasteiger partial charge in [0.05, 0.1) is 25.2 Å². The number of aliphatic hydroxyl groups is 2. The van der Waals surface area contributed by atoms with E-state index in [0.717, 1.165) is 0 Å². The summed E-state index contributed by atoms with van der Waals surface area (Å²) in [5, 5.41) is 27.6. The Morgan fingerprint density at radius 1 is 1.10 bits per heavy atom. The lowest BCUT2D eigenvalue weighted by Crippen LogP contribution is -2.48. The van der Waals surface area contributed by atoms with Gasteiger partial charge in [-0.1, -0.05) is 0 Å². The molecule has 0 amide bonds. The van der Waals surface area contributed by atoms with Gasteiger partial charge in [-0.3, -0.25) is 4.79 Å². The van der Waals surface area contributed by atoms with Gasteiger partial charge in [0.25, 0.3) is 0 Å². The number of oxazole rings is 1. The van der Waals surface area contributed by atoms with Crippen molar-refractivity contribution in [1.82, 2.24) is 4.98 Å². The van der Waals surface area contributed by atoms with Crippen molar-refractivity contribution in [3.63, 3.8) is 0 Å². The predicted molar refractivity (Wildman–Crippen MR) is 103 cm³/mol. The maximum atomic E-state index is 12.5. The summed E-state index contributed by atoms with van der Waals surface area (Å²) in [7, 11) is 0. The van der Waals surface area contributed by atoms with Gasteiger partial charge in [-0.05, 0) is 42.5 Å². The molecular weight excluding hydrogens is 394 g/mol. The van der Waals surface area contributed by atoms with Crippen LogP contribution in [0.4, 0.5) is 4.79 Å². The fourth-order valence-corrected chi connectivity index (χ4v) is 3.19. The summed E-state index contributed by atoms with van der Waals surface area (Å²) in [5.74, 6) is 0.485. The van der Waals surface area contributed by atoms with Crippen LogP contribution < -0.4 is 9.47 Å². The number of fused-ring (bicyclic) bond motifs is 1. The Morgan fingerprint density at radius 3 is 2.47 bits per heavy atom. The molecule has 1 aliphatic heterocycles. The van der Waals surface area contributed by atoms with Gasteiger partial charge in [-0.2, -0.15) is 0 Å². The molecule has 0 spiro atoms. The molecule has 30 heavy (non-hydrogen) atoms. The van der Waals surface area contributed by atoms with E-state index < -0.39 is 25.0 Å². The van der Waals surface area contributed by atoms with Crippen molar-refractivity contribution in [1.29, 1.82) is 0 Å². The molecule has 9 heteroatoms. The molecule has 0 fully saturated rings. The van der Waals surface area contributed by atoms with Crippen LogP contribution in [0.25, 0.3) is 22.7 Å². The summed E-state index contributed by atoms with van der Waals surface area (Å²) < 4.78 is 15.8. The summed E-state index contributed by atoms with van der Waals surface area (Å²) in [6.45, 7) is -0.953. The van der Waals surface area contributed by atoms with Gasteiger partial charge in [-0.25, -0.2) is 9.78 Å². The van der Waals surface area contributed by atoms with E-state index in [1.165, 1.54) is 18.4 Å². The Morgan fingerprint density at radius 2 is 1.80 bits per heavy atom. The molecule has 3 N–H and O–H groups in total.